The highest BCUT2D eigenvalue weighted by molar-refractivity contribution is 14.1. The van der Waals surface area contributed by atoms with Crippen molar-refractivity contribution in [2.45, 2.75) is 18.9 Å². The first-order valence-corrected chi connectivity index (χ1v) is 6.54. The quantitative estimate of drug-likeness (QED) is 0.579. The number of rotatable bonds is 4. The van der Waals surface area contributed by atoms with Gasteiger partial charge >= 0.3 is 0 Å². The predicted octanol–water partition coefficient (Wildman–Crippen LogP) is 2.01. The Morgan fingerprint density at radius 3 is 2.50 bits per heavy atom. The van der Waals surface area contributed by atoms with Gasteiger partial charge in [-0.05, 0) is 41.1 Å². The predicted molar refractivity (Wildman–Crippen MR) is 83.2 cm³/mol. The maximum atomic E-state index is 14.1. The van der Waals surface area contributed by atoms with Gasteiger partial charge in [0.1, 0.15) is 0 Å². The normalized spacial score (nSPS) is 13.2. The summed E-state index contributed by atoms with van der Waals surface area (Å²) < 4.78 is 32.6. The first kappa shape index (κ1) is 19.3. The van der Waals surface area contributed by atoms with E-state index >= 15 is 0 Å². The second kappa shape index (κ2) is 7.37. The number of nitrogens with one attached hydrogen (secondary N) is 1. The Hall–Kier alpha value is -0.670. The fourth-order valence-corrected chi connectivity index (χ4v) is 2.32. The molecule has 0 heterocycles. The number of hydrogen-bond acceptors (Lipinski definition) is 3. The monoisotopic (exact) mass is 420 g/mol. The molecule has 0 aliphatic carbocycles. The summed E-state index contributed by atoms with van der Waals surface area (Å²) in [6.45, 7) is 1.48. The molecule has 0 saturated heterocycles. The van der Waals surface area contributed by atoms with Crippen LogP contribution in [0.1, 0.15) is 12.5 Å². The maximum Gasteiger partial charge on any atom is 0.239 e. The van der Waals surface area contributed by atoms with E-state index in [1.807, 2.05) is 0 Å². The lowest BCUT2D eigenvalue weighted by atomic mass is 9.92. The molecule has 0 saturated carbocycles. The van der Waals surface area contributed by atoms with Crippen molar-refractivity contribution >= 4 is 40.9 Å². The van der Waals surface area contributed by atoms with Crippen LogP contribution in [0.4, 0.5) is 8.78 Å². The van der Waals surface area contributed by atoms with Crippen LogP contribution < -0.4 is 15.8 Å². The minimum absolute atomic E-state index is 0. The number of hydrogen-bond donors (Lipinski definition) is 2. The van der Waals surface area contributed by atoms with Crippen molar-refractivity contribution < 1.29 is 18.3 Å². The average molecular weight is 421 g/mol. The summed E-state index contributed by atoms with van der Waals surface area (Å²) in [7, 11) is 2.63. The van der Waals surface area contributed by atoms with Crippen LogP contribution in [0, 0.1) is 15.2 Å². The first-order valence-electron chi connectivity index (χ1n) is 5.46. The average Bonchev–Trinajstić information content (AvgIpc) is 2.35. The number of benzene rings is 1. The SMILES string of the molecule is CNC(=O)C(C)(N)Cc1cc(I)c(F)c(OC)c1F.Cl. The molecule has 1 rings (SSSR count). The molecule has 0 radical (unpaired) electrons. The van der Waals surface area contributed by atoms with Crippen LogP contribution in [-0.4, -0.2) is 25.6 Å². The summed E-state index contributed by atoms with van der Waals surface area (Å²) in [5.41, 5.74) is 4.68. The molecule has 1 amide bonds. The molecule has 0 aliphatic heterocycles. The van der Waals surface area contributed by atoms with E-state index in [2.05, 4.69) is 5.32 Å². The standard InChI is InChI=1S/C12H15F2IN2O2.ClH/c1-12(16,11(18)17-2)5-6-4-7(15)9(14)10(19-3)8(6)13;/h4H,5,16H2,1-3H3,(H,17,18);1H. The van der Waals surface area contributed by atoms with Crippen LogP contribution in [0.3, 0.4) is 0 Å². The van der Waals surface area contributed by atoms with Crippen molar-refractivity contribution in [3.63, 3.8) is 0 Å². The fourth-order valence-electron chi connectivity index (χ4n) is 1.70. The molecule has 0 aromatic heterocycles. The summed E-state index contributed by atoms with van der Waals surface area (Å²) in [5, 5.41) is 2.41. The lowest BCUT2D eigenvalue weighted by molar-refractivity contribution is -0.125. The highest BCUT2D eigenvalue weighted by atomic mass is 127. The zero-order valence-corrected chi connectivity index (χ0v) is 14.2. The summed E-state index contributed by atoms with van der Waals surface area (Å²) in [6.07, 6.45) is -0.0643. The highest BCUT2D eigenvalue weighted by Gasteiger charge is 2.30. The summed E-state index contributed by atoms with van der Waals surface area (Å²) in [6, 6.07) is 1.32. The molecule has 114 valence electrons. The molecule has 8 heteroatoms. The van der Waals surface area contributed by atoms with Crippen molar-refractivity contribution in [2.24, 2.45) is 5.73 Å². The Morgan fingerprint density at radius 2 is 2.05 bits per heavy atom. The third-order valence-electron chi connectivity index (χ3n) is 2.70. The number of carbonyl (C=O) groups is 1. The van der Waals surface area contributed by atoms with Crippen LogP contribution >= 0.6 is 35.0 Å². The van der Waals surface area contributed by atoms with Crippen molar-refractivity contribution in [3.05, 3.63) is 26.8 Å². The van der Waals surface area contributed by atoms with E-state index < -0.39 is 28.8 Å². The molecule has 1 unspecified atom stereocenters. The van der Waals surface area contributed by atoms with Gasteiger partial charge in [0.2, 0.25) is 5.91 Å². The molecular weight excluding hydrogens is 404 g/mol. The Balaban J connectivity index is 0.00000361. The number of ether oxygens (including phenoxy) is 1. The largest absolute Gasteiger partial charge is 0.491 e. The summed E-state index contributed by atoms with van der Waals surface area (Å²) >= 11 is 1.73. The van der Waals surface area contributed by atoms with Crippen LogP contribution in [0.2, 0.25) is 0 Å². The van der Waals surface area contributed by atoms with Crippen LogP contribution in [0.5, 0.6) is 5.75 Å². The van der Waals surface area contributed by atoms with E-state index in [9.17, 15) is 13.6 Å². The number of halogens is 4. The van der Waals surface area contributed by atoms with Crippen LogP contribution in [0.25, 0.3) is 0 Å². The zero-order valence-electron chi connectivity index (χ0n) is 11.2. The van der Waals surface area contributed by atoms with Crippen molar-refractivity contribution in [3.8, 4) is 5.75 Å². The van der Waals surface area contributed by atoms with E-state index in [-0.39, 0.29) is 28.0 Å². The van der Waals surface area contributed by atoms with Gasteiger partial charge < -0.3 is 15.8 Å². The lowest BCUT2D eigenvalue weighted by Crippen LogP contribution is -2.52. The van der Waals surface area contributed by atoms with Gasteiger partial charge in [0.05, 0.1) is 16.2 Å². The van der Waals surface area contributed by atoms with E-state index in [0.717, 1.165) is 0 Å². The van der Waals surface area contributed by atoms with Gasteiger partial charge in [0.15, 0.2) is 17.4 Å². The molecular formula is C12H16ClF2IN2O2. The molecule has 0 bridgehead atoms. The summed E-state index contributed by atoms with van der Waals surface area (Å²) in [4.78, 5) is 11.6. The van der Waals surface area contributed by atoms with Gasteiger partial charge in [-0.25, -0.2) is 8.78 Å². The fraction of sp³-hybridized carbons (Fsp3) is 0.417. The van der Waals surface area contributed by atoms with Gasteiger partial charge in [0.25, 0.3) is 0 Å². The minimum Gasteiger partial charge on any atom is -0.491 e. The molecule has 1 aromatic rings. The van der Waals surface area contributed by atoms with Crippen LogP contribution in [0.15, 0.2) is 6.07 Å². The zero-order chi connectivity index (χ0) is 14.8. The topological polar surface area (TPSA) is 64.4 Å². The Labute approximate surface area is 136 Å². The summed E-state index contributed by atoms with van der Waals surface area (Å²) in [5.74, 6) is -2.48. The van der Waals surface area contributed by atoms with Gasteiger partial charge in [0, 0.05) is 13.5 Å². The van der Waals surface area contributed by atoms with Crippen molar-refractivity contribution in [1.29, 1.82) is 0 Å². The van der Waals surface area contributed by atoms with Gasteiger partial charge in [-0.15, -0.1) is 12.4 Å². The smallest absolute Gasteiger partial charge is 0.239 e. The number of nitrogens with two attached hydrogens (primary N) is 1. The Kier molecular flexibility index (Phi) is 7.12. The molecule has 3 N–H and O–H groups in total. The van der Waals surface area contributed by atoms with Crippen LogP contribution in [-0.2, 0) is 11.2 Å². The third-order valence-corrected chi connectivity index (χ3v) is 3.48. The first-order chi connectivity index (χ1) is 8.74. The number of carbonyl (C=O) groups excluding carboxylic acids is 1. The Morgan fingerprint density at radius 1 is 1.50 bits per heavy atom. The highest BCUT2D eigenvalue weighted by Crippen LogP contribution is 2.30. The molecule has 4 nitrogen and oxygen atoms in total. The van der Waals surface area contributed by atoms with E-state index in [1.165, 1.54) is 27.1 Å². The van der Waals surface area contributed by atoms with Gasteiger partial charge in [-0.3, -0.25) is 4.79 Å². The minimum atomic E-state index is -1.29. The Bertz CT molecular complexity index is 513. The van der Waals surface area contributed by atoms with Gasteiger partial charge in [-0.1, -0.05) is 0 Å². The molecule has 0 spiro atoms. The molecule has 1 aromatic carbocycles. The maximum absolute atomic E-state index is 14.1. The van der Waals surface area contributed by atoms with E-state index in [4.69, 9.17) is 10.5 Å². The van der Waals surface area contributed by atoms with Crippen molar-refractivity contribution in [2.75, 3.05) is 14.2 Å². The van der Waals surface area contributed by atoms with E-state index in [1.54, 1.807) is 22.6 Å². The number of amides is 1. The molecule has 0 aliphatic rings. The third kappa shape index (κ3) is 3.92. The lowest BCUT2D eigenvalue weighted by Gasteiger charge is -2.23. The van der Waals surface area contributed by atoms with Gasteiger partial charge in [-0.2, -0.15) is 0 Å². The second-order valence-electron chi connectivity index (χ2n) is 4.35. The van der Waals surface area contributed by atoms with E-state index in [0.29, 0.717) is 0 Å². The van der Waals surface area contributed by atoms with Crippen molar-refractivity contribution in [1.82, 2.24) is 5.32 Å². The molecule has 1 atom stereocenters. The number of likely N-dealkylation sites (N-methyl/N-ethyl adjacent to an activating group) is 1. The second-order valence-corrected chi connectivity index (χ2v) is 5.51. The number of methoxy groups -OCH3 is 1. The molecule has 20 heavy (non-hydrogen) atoms. The molecule has 0 fully saturated rings.